The molecule has 1 saturated carbocycles. The molecule has 1 fully saturated rings. The van der Waals surface area contributed by atoms with Crippen LogP contribution in [0, 0.1) is 0 Å². The summed E-state index contributed by atoms with van der Waals surface area (Å²) in [5.74, 6) is -2.06. The summed E-state index contributed by atoms with van der Waals surface area (Å²) in [6, 6.07) is -1.91. The molecule has 0 radical (unpaired) electrons. The summed E-state index contributed by atoms with van der Waals surface area (Å²) in [5, 5.41) is 13.8. The van der Waals surface area contributed by atoms with Crippen LogP contribution in [-0.2, 0) is 9.59 Å². The Morgan fingerprint density at radius 2 is 1.95 bits per heavy atom. The van der Waals surface area contributed by atoms with Gasteiger partial charge in [-0.05, 0) is 33.4 Å². The summed E-state index contributed by atoms with van der Waals surface area (Å²) < 4.78 is 0. The van der Waals surface area contributed by atoms with Crippen LogP contribution >= 0.6 is 0 Å². The van der Waals surface area contributed by atoms with Gasteiger partial charge in [-0.25, -0.2) is 9.59 Å². The van der Waals surface area contributed by atoms with E-state index in [2.05, 4.69) is 15.5 Å². The number of carbonyl (C=O) groups excluding carboxylic acids is 2. The molecule has 1 aliphatic carbocycles. The van der Waals surface area contributed by atoms with Crippen molar-refractivity contribution in [3.05, 3.63) is 0 Å². The average molecular weight is 286 g/mol. The van der Waals surface area contributed by atoms with Crippen molar-refractivity contribution in [3.8, 4) is 0 Å². The van der Waals surface area contributed by atoms with E-state index in [1.54, 1.807) is 0 Å². The molecule has 0 heterocycles. The number of hydrogen-bond acceptors (Lipinski definition) is 4. The Morgan fingerprint density at radius 3 is 2.30 bits per heavy atom. The molecule has 1 rings (SSSR count). The van der Waals surface area contributed by atoms with E-state index >= 15 is 0 Å². The van der Waals surface area contributed by atoms with Gasteiger partial charge in [0.1, 0.15) is 6.04 Å². The number of rotatable bonds is 7. The van der Waals surface area contributed by atoms with E-state index in [0.29, 0.717) is 6.54 Å². The van der Waals surface area contributed by atoms with Crippen molar-refractivity contribution in [2.24, 2.45) is 5.73 Å². The Labute approximate surface area is 117 Å². The van der Waals surface area contributed by atoms with Crippen LogP contribution in [0.1, 0.15) is 25.7 Å². The third-order valence-electron chi connectivity index (χ3n) is 3.82. The third-order valence-corrected chi connectivity index (χ3v) is 3.82. The molecule has 8 heteroatoms. The molecule has 0 saturated heterocycles. The second kappa shape index (κ2) is 6.56. The fourth-order valence-corrected chi connectivity index (χ4v) is 2.22. The minimum absolute atomic E-state index is 0.0558. The Hall–Kier alpha value is -1.83. The molecule has 0 unspecified atom stereocenters. The number of nitrogens with one attached hydrogen (secondary N) is 2. The number of carboxylic acid groups (broad SMARTS) is 1. The van der Waals surface area contributed by atoms with Gasteiger partial charge in [0.25, 0.3) is 0 Å². The van der Waals surface area contributed by atoms with E-state index in [1.807, 2.05) is 14.1 Å². The minimum atomic E-state index is -1.30. The average Bonchev–Trinajstić information content (AvgIpc) is 2.25. The molecule has 114 valence electrons. The van der Waals surface area contributed by atoms with E-state index < -0.39 is 30.4 Å². The van der Waals surface area contributed by atoms with Gasteiger partial charge in [-0.2, -0.15) is 0 Å². The van der Waals surface area contributed by atoms with Crippen LogP contribution in [-0.4, -0.2) is 60.1 Å². The lowest BCUT2D eigenvalue weighted by Gasteiger charge is -2.47. The summed E-state index contributed by atoms with van der Waals surface area (Å²) in [6.45, 7) is 0.439. The number of urea groups is 1. The first-order valence-electron chi connectivity index (χ1n) is 6.50. The number of likely N-dealkylation sites (N-methyl/N-ethyl adjacent to an activating group) is 1. The molecule has 0 aromatic carbocycles. The molecule has 20 heavy (non-hydrogen) atoms. The van der Waals surface area contributed by atoms with Gasteiger partial charge in [0.05, 0.1) is 6.42 Å². The molecule has 3 amide bonds. The normalized spacial score (nSPS) is 17.9. The second-order valence-corrected chi connectivity index (χ2v) is 5.36. The van der Waals surface area contributed by atoms with Gasteiger partial charge in [0, 0.05) is 12.1 Å². The maximum Gasteiger partial charge on any atom is 0.326 e. The number of primary amides is 1. The lowest BCUT2D eigenvalue weighted by atomic mass is 9.75. The van der Waals surface area contributed by atoms with E-state index in [1.165, 1.54) is 0 Å². The quantitative estimate of drug-likeness (QED) is 0.482. The number of amides is 3. The van der Waals surface area contributed by atoms with Crippen molar-refractivity contribution in [2.45, 2.75) is 37.3 Å². The fraction of sp³-hybridized carbons (Fsp3) is 0.750. The van der Waals surface area contributed by atoms with Gasteiger partial charge in [0.2, 0.25) is 5.91 Å². The van der Waals surface area contributed by atoms with Gasteiger partial charge in [-0.15, -0.1) is 0 Å². The van der Waals surface area contributed by atoms with Gasteiger partial charge >= 0.3 is 12.0 Å². The SMILES string of the molecule is CN(C)C1(CNC(=O)N[C@@H](CC(N)=O)C(=O)O)CCC1. The number of nitrogens with two attached hydrogens (primary N) is 1. The summed E-state index contributed by atoms with van der Waals surface area (Å²) in [5.41, 5.74) is 4.88. The van der Waals surface area contributed by atoms with E-state index in [-0.39, 0.29) is 5.54 Å². The Kier molecular flexibility index (Phi) is 5.32. The van der Waals surface area contributed by atoms with Crippen molar-refractivity contribution in [3.63, 3.8) is 0 Å². The summed E-state index contributed by atoms with van der Waals surface area (Å²) in [4.78, 5) is 35.4. The number of carbonyl (C=O) groups is 3. The van der Waals surface area contributed by atoms with Crippen molar-refractivity contribution in [1.82, 2.24) is 15.5 Å². The van der Waals surface area contributed by atoms with Crippen LogP contribution < -0.4 is 16.4 Å². The molecule has 0 aliphatic heterocycles. The molecule has 0 aromatic rings. The number of carboxylic acids is 1. The highest BCUT2D eigenvalue weighted by molar-refractivity contribution is 5.87. The lowest BCUT2D eigenvalue weighted by molar-refractivity contribution is -0.140. The number of nitrogens with zero attached hydrogens (tertiary/aromatic N) is 1. The Balaban J connectivity index is 2.46. The maximum absolute atomic E-state index is 11.7. The van der Waals surface area contributed by atoms with Crippen LogP contribution in [0.15, 0.2) is 0 Å². The third kappa shape index (κ3) is 4.09. The van der Waals surface area contributed by atoms with Crippen molar-refractivity contribution in [2.75, 3.05) is 20.6 Å². The smallest absolute Gasteiger partial charge is 0.326 e. The highest BCUT2D eigenvalue weighted by Gasteiger charge is 2.39. The lowest BCUT2D eigenvalue weighted by Crippen LogP contribution is -2.59. The summed E-state index contributed by atoms with van der Waals surface area (Å²) >= 11 is 0. The van der Waals surface area contributed by atoms with Gasteiger partial charge in [0.15, 0.2) is 0 Å². The maximum atomic E-state index is 11.7. The largest absolute Gasteiger partial charge is 0.480 e. The molecule has 0 spiro atoms. The first kappa shape index (κ1) is 16.2. The van der Waals surface area contributed by atoms with Gasteiger partial charge in [-0.3, -0.25) is 4.79 Å². The molecule has 8 nitrogen and oxygen atoms in total. The number of hydrogen-bond donors (Lipinski definition) is 4. The minimum Gasteiger partial charge on any atom is -0.480 e. The zero-order valence-electron chi connectivity index (χ0n) is 11.8. The molecule has 1 atom stereocenters. The predicted molar refractivity (Wildman–Crippen MR) is 72.0 cm³/mol. The zero-order chi connectivity index (χ0) is 15.3. The van der Waals surface area contributed by atoms with Gasteiger partial charge < -0.3 is 26.4 Å². The summed E-state index contributed by atoms with van der Waals surface area (Å²) in [6.07, 6.45) is 2.66. The van der Waals surface area contributed by atoms with Gasteiger partial charge in [-0.1, -0.05) is 0 Å². The number of aliphatic carboxylic acids is 1. The first-order chi connectivity index (χ1) is 9.27. The van der Waals surface area contributed by atoms with E-state index in [0.717, 1.165) is 19.3 Å². The standard InChI is InChI=1S/C12H22N4O4/c1-16(2)12(4-3-5-12)7-14-11(20)15-8(10(18)19)6-9(13)17/h8H,3-7H2,1-2H3,(H2,13,17)(H,18,19)(H2,14,15,20)/t8-/m0/s1. The first-order valence-corrected chi connectivity index (χ1v) is 6.50. The van der Waals surface area contributed by atoms with Crippen LogP contribution in [0.5, 0.6) is 0 Å². The Bertz CT molecular complexity index is 393. The molecule has 5 N–H and O–H groups in total. The highest BCUT2D eigenvalue weighted by Crippen LogP contribution is 2.35. The zero-order valence-corrected chi connectivity index (χ0v) is 11.8. The monoisotopic (exact) mass is 286 g/mol. The highest BCUT2D eigenvalue weighted by atomic mass is 16.4. The topological polar surface area (TPSA) is 125 Å². The van der Waals surface area contributed by atoms with Crippen LogP contribution in [0.25, 0.3) is 0 Å². The molecule has 1 aliphatic rings. The van der Waals surface area contributed by atoms with Crippen LogP contribution in [0.3, 0.4) is 0 Å². The molecular formula is C12H22N4O4. The molecular weight excluding hydrogens is 264 g/mol. The fourth-order valence-electron chi connectivity index (χ4n) is 2.22. The van der Waals surface area contributed by atoms with Crippen LogP contribution in [0.4, 0.5) is 4.79 Å². The van der Waals surface area contributed by atoms with E-state index in [9.17, 15) is 14.4 Å². The Morgan fingerprint density at radius 1 is 1.35 bits per heavy atom. The summed E-state index contributed by atoms with van der Waals surface area (Å²) in [7, 11) is 3.90. The molecule has 0 aromatic heterocycles. The van der Waals surface area contributed by atoms with E-state index in [4.69, 9.17) is 10.8 Å². The van der Waals surface area contributed by atoms with Crippen molar-refractivity contribution in [1.29, 1.82) is 0 Å². The predicted octanol–water partition coefficient (Wildman–Crippen LogP) is -0.901. The van der Waals surface area contributed by atoms with Crippen molar-refractivity contribution < 1.29 is 19.5 Å². The van der Waals surface area contributed by atoms with Crippen molar-refractivity contribution >= 4 is 17.9 Å². The second-order valence-electron chi connectivity index (χ2n) is 5.36. The molecule has 0 bridgehead atoms. The van der Waals surface area contributed by atoms with Crippen LogP contribution in [0.2, 0.25) is 0 Å².